The van der Waals surface area contributed by atoms with Gasteiger partial charge in [-0.05, 0) is 74.0 Å². The van der Waals surface area contributed by atoms with Gasteiger partial charge in [0.15, 0.2) is 0 Å². The Morgan fingerprint density at radius 1 is 0.300 bits per heavy atom. The van der Waals surface area contributed by atoms with E-state index in [1.807, 2.05) is 0 Å². The highest BCUT2D eigenvalue weighted by Gasteiger charge is 2.46. The van der Waals surface area contributed by atoms with Crippen LogP contribution in [0.5, 0.6) is 0 Å². The van der Waals surface area contributed by atoms with Crippen LogP contribution < -0.4 is 0 Å². The minimum atomic E-state index is 1.07. The first-order valence-corrected chi connectivity index (χ1v) is 19.8. The monoisotopic (exact) mass is 559 g/mol. The molecule has 2 aliphatic carbocycles. The highest BCUT2D eigenvalue weighted by atomic mass is 14.5. The first-order valence-electron chi connectivity index (χ1n) is 19.8. The minimum absolute atomic E-state index is 1.07. The molecule has 2 rings (SSSR count). The number of fused-ring (bicyclic) bond motifs is 1. The Hall–Kier alpha value is 0. The molecular formula is C40H78. The zero-order valence-corrected chi connectivity index (χ0v) is 28.7. The summed E-state index contributed by atoms with van der Waals surface area (Å²) in [5.74, 6) is 6.47. The van der Waals surface area contributed by atoms with Crippen molar-refractivity contribution < 1.29 is 0 Å². The molecule has 0 bridgehead atoms. The molecule has 0 saturated heterocycles. The fourth-order valence-electron chi connectivity index (χ4n) is 9.39. The molecule has 2 saturated carbocycles. The van der Waals surface area contributed by atoms with Gasteiger partial charge in [-0.3, -0.25) is 0 Å². The summed E-state index contributed by atoms with van der Waals surface area (Å²) in [4.78, 5) is 0. The lowest BCUT2D eigenvalue weighted by Gasteiger charge is -2.52. The van der Waals surface area contributed by atoms with E-state index in [1.54, 1.807) is 51.4 Å². The highest BCUT2D eigenvalue weighted by Crippen LogP contribution is 2.55. The van der Waals surface area contributed by atoms with Crippen LogP contribution in [0.3, 0.4) is 0 Å². The summed E-state index contributed by atoms with van der Waals surface area (Å²) in [7, 11) is 0. The van der Waals surface area contributed by atoms with Crippen molar-refractivity contribution in [2.24, 2.45) is 35.5 Å². The molecule has 40 heavy (non-hydrogen) atoms. The molecule has 6 atom stereocenters. The van der Waals surface area contributed by atoms with Crippen molar-refractivity contribution in [3.8, 4) is 0 Å². The zero-order valence-electron chi connectivity index (χ0n) is 28.7. The normalized spacial score (nSPS) is 26.7. The van der Waals surface area contributed by atoms with Gasteiger partial charge < -0.3 is 0 Å². The molecule has 0 aromatic carbocycles. The summed E-state index contributed by atoms with van der Waals surface area (Å²) >= 11 is 0. The van der Waals surface area contributed by atoms with Crippen molar-refractivity contribution in [3.63, 3.8) is 0 Å². The number of hydrogen-bond donors (Lipinski definition) is 0. The van der Waals surface area contributed by atoms with Crippen molar-refractivity contribution in [3.05, 3.63) is 0 Å². The quantitative estimate of drug-likeness (QED) is 0.0926. The summed E-state index contributed by atoms with van der Waals surface area (Å²) in [6, 6.07) is 0. The summed E-state index contributed by atoms with van der Waals surface area (Å²) in [6.07, 6.45) is 45.1. The number of unbranched alkanes of at least 4 members (excludes halogenated alkanes) is 18. The minimum Gasteiger partial charge on any atom is -0.0654 e. The second kappa shape index (κ2) is 24.4. The molecule has 0 amide bonds. The summed E-state index contributed by atoms with van der Waals surface area (Å²) in [5.41, 5.74) is 0. The van der Waals surface area contributed by atoms with E-state index in [0.29, 0.717) is 0 Å². The molecule has 0 N–H and O–H groups in total. The molecule has 0 aromatic rings. The topological polar surface area (TPSA) is 0 Å². The summed E-state index contributed by atoms with van der Waals surface area (Å²) < 4.78 is 0. The van der Waals surface area contributed by atoms with Gasteiger partial charge in [-0.25, -0.2) is 0 Å². The van der Waals surface area contributed by atoms with Gasteiger partial charge in [0.2, 0.25) is 0 Å². The van der Waals surface area contributed by atoms with Gasteiger partial charge in [0, 0.05) is 0 Å². The predicted octanol–water partition coefficient (Wildman–Crippen LogP) is 14.5. The van der Waals surface area contributed by atoms with E-state index in [-0.39, 0.29) is 0 Å². The molecule has 2 fully saturated rings. The third-order valence-corrected chi connectivity index (χ3v) is 11.7. The SMILES string of the molecule is CCCCCCCCCC1CCC2C(CCCCCC)C(CCCCCC)CCC2C1CCCCCCCCC. The van der Waals surface area contributed by atoms with Crippen LogP contribution in [0.15, 0.2) is 0 Å². The molecular weight excluding hydrogens is 480 g/mol. The smallest absolute Gasteiger partial charge is 0.0352 e. The van der Waals surface area contributed by atoms with Crippen molar-refractivity contribution in [2.75, 3.05) is 0 Å². The van der Waals surface area contributed by atoms with Crippen molar-refractivity contribution >= 4 is 0 Å². The van der Waals surface area contributed by atoms with Crippen LogP contribution >= 0.6 is 0 Å². The van der Waals surface area contributed by atoms with Gasteiger partial charge in [0.05, 0.1) is 0 Å². The maximum atomic E-state index is 2.38. The average Bonchev–Trinajstić information content (AvgIpc) is 2.97. The molecule has 2 aliphatic rings. The first-order chi connectivity index (χ1) is 19.8. The molecule has 0 aliphatic heterocycles. The van der Waals surface area contributed by atoms with Gasteiger partial charge in [0.25, 0.3) is 0 Å². The lowest BCUT2D eigenvalue weighted by Crippen LogP contribution is -2.44. The average molecular weight is 559 g/mol. The van der Waals surface area contributed by atoms with E-state index in [1.165, 1.54) is 141 Å². The fraction of sp³-hybridized carbons (Fsp3) is 1.00. The van der Waals surface area contributed by atoms with Crippen LogP contribution in [0.25, 0.3) is 0 Å². The molecule has 0 aromatic heterocycles. The summed E-state index contributed by atoms with van der Waals surface area (Å²) in [5, 5.41) is 0. The standard InChI is InChI=1S/C40H78/c1-5-9-13-17-19-21-24-28-36-32-34-39-37(29-25-16-12-8-4)35(27-23-15-11-7-3)31-33-40(39)38(36)30-26-22-20-18-14-10-6-2/h35-40H,5-34H2,1-4H3. The number of rotatable bonds is 26. The van der Waals surface area contributed by atoms with Crippen molar-refractivity contribution in [1.82, 2.24) is 0 Å². The Balaban J connectivity index is 1.98. The third-order valence-electron chi connectivity index (χ3n) is 11.7. The van der Waals surface area contributed by atoms with Crippen LogP contribution in [-0.4, -0.2) is 0 Å². The van der Waals surface area contributed by atoms with Gasteiger partial charge in [-0.2, -0.15) is 0 Å². The van der Waals surface area contributed by atoms with Crippen LogP contribution in [0.2, 0.25) is 0 Å². The van der Waals surface area contributed by atoms with E-state index in [9.17, 15) is 0 Å². The maximum Gasteiger partial charge on any atom is -0.0352 e. The lowest BCUT2D eigenvalue weighted by molar-refractivity contribution is -0.0253. The van der Waals surface area contributed by atoms with E-state index in [2.05, 4.69) is 27.7 Å². The predicted molar refractivity (Wildman–Crippen MR) is 182 cm³/mol. The Morgan fingerprint density at radius 2 is 0.575 bits per heavy atom. The maximum absolute atomic E-state index is 2.38. The van der Waals surface area contributed by atoms with Crippen LogP contribution in [0.4, 0.5) is 0 Å². The molecule has 0 spiro atoms. The Morgan fingerprint density at radius 3 is 0.925 bits per heavy atom. The molecule has 0 heterocycles. The lowest BCUT2D eigenvalue weighted by atomic mass is 9.53. The summed E-state index contributed by atoms with van der Waals surface area (Å²) in [6.45, 7) is 9.45. The van der Waals surface area contributed by atoms with Gasteiger partial charge in [0.1, 0.15) is 0 Å². The first kappa shape index (κ1) is 36.2. The van der Waals surface area contributed by atoms with Gasteiger partial charge in [-0.1, -0.05) is 182 Å². The fourth-order valence-corrected chi connectivity index (χ4v) is 9.39. The van der Waals surface area contributed by atoms with Gasteiger partial charge >= 0.3 is 0 Å². The molecule has 0 nitrogen and oxygen atoms in total. The molecule has 0 heteroatoms. The Bertz CT molecular complexity index is 536. The van der Waals surface area contributed by atoms with E-state index in [0.717, 1.165) is 35.5 Å². The number of hydrogen-bond acceptors (Lipinski definition) is 0. The Labute approximate surface area is 255 Å². The van der Waals surface area contributed by atoms with E-state index < -0.39 is 0 Å². The van der Waals surface area contributed by atoms with Crippen LogP contribution in [-0.2, 0) is 0 Å². The van der Waals surface area contributed by atoms with Gasteiger partial charge in [-0.15, -0.1) is 0 Å². The molecule has 0 radical (unpaired) electrons. The van der Waals surface area contributed by atoms with Crippen molar-refractivity contribution in [2.45, 2.75) is 220 Å². The van der Waals surface area contributed by atoms with Crippen LogP contribution in [0, 0.1) is 35.5 Å². The molecule has 238 valence electrons. The highest BCUT2D eigenvalue weighted by molar-refractivity contribution is 4.95. The van der Waals surface area contributed by atoms with Crippen LogP contribution in [0.1, 0.15) is 220 Å². The van der Waals surface area contributed by atoms with Crippen molar-refractivity contribution in [1.29, 1.82) is 0 Å². The largest absolute Gasteiger partial charge is 0.0654 e. The second-order valence-corrected chi connectivity index (χ2v) is 14.8. The van der Waals surface area contributed by atoms with E-state index >= 15 is 0 Å². The Kier molecular flexibility index (Phi) is 22.1. The third kappa shape index (κ3) is 14.5. The zero-order chi connectivity index (χ0) is 28.7. The molecule has 6 unspecified atom stereocenters. The second-order valence-electron chi connectivity index (χ2n) is 14.8. The van der Waals surface area contributed by atoms with E-state index in [4.69, 9.17) is 0 Å².